The second kappa shape index (κ2) is 12.3. The van der Waals surface area contributed by atoms with Gasteiger partial charge in [0.1, 0.15) is 29.6 Å². The molecule has 5 nitrogen and oxygen atoms in total. The van der Waals surface area contributed by atoms with Crippen LogP contribution in [0.15, 0.2) is 71.3 Å². The van der Waals surface area contributed by atoms with Crippen molar-refractivity contribution in [3.63, 3.8) is 0 Å². The summed E-state index contributed by atoms with van der Waals surface area (Å²) in [5.41, 5.74) is 4.90. The lowest BCUT2D eigenvalue weighted by molar-refractivity contribution is 0.0129. The van der Waals surface area contributed by atoms with Gasteiger partial charge in [-0.05, 0) is 92.0 Å². The number of methoxy groups -OCH3 is 1. The number of rotatable bonds is 10. The fraction of sp³-hybridized carbons (Fsp3) is 0.364. The molecule has 4 aromatic rings. The Kier molecular flexibility index (Phi) is 8.33. The highest BCUT2D eigenvalue weighted by atomic mass is 35.5. The summed E-state index contributed by atoms with van der Waals surface area (Å²) in [7, 11) is 1.67. The second-order valence-corrected chi connectivity index (χ2v) is 11.5. The molecule has 0 bridgehead atoms. The molecule has 0 unspecified atom stereocenters. The number of hydrogen-bond donors (Lipinski definition) is 0. The molecular formula is C33H33Cl2NO4. The maximum atomic E-state index is 6.51. The van der Waals surface area contributed by atoms with Crippen molar-refractivity contribution in [3.8, 4) is 22.8 Å². The maximum absolute atomic E-state index is 6.51. The van der Waals surface area contributed by atoms with Gasteiger partial charge in [0.15, 0.2) is 0 Å². The average Bonchev–Trinajstić information content (AvgIpc) is 3.75. The van der Waals surface area contributed by atoms with E-state index >= 15 is 0 Å². The first-order chi connectivity index (χ1) is 19.6. The van der Waals surface area contributed by atoms with E-state index in [1.54, 1.807) is 7.11 Å². The van der Waals surface area contributed by atoms with E-state index in [1.807, 2.05) is 42.5 Å². The number of nitrogens with zero attached hydrogens (tertiary/aromatic N) is 1. The van der Waals surface area contributed by atoms with Crippen molar-refractivity contribution >= 4 is 23.2 Å². The smallest absolute Gasteiger partial charge is 0.145 e. The topological polar surface area (TPSA) is 53.7 Å². The Morgan fingerprint density at radius 1 is 0.775 bits per heavy atom. The minimum atomic E-state index is 0.208. The maximum Gasteiger partial charge on any atom is 0.145 e. The van der Waals surface area contributed by atoms with Gasteiger partial charge in [-0.15, -0.1) is 0 Å². The van der Waals surface area contributed by atoms with Crippen LogP contribution in [0.5, 0.6) is 11.5 Å². The largest absolute Gasteiger partial charge is 0.497 e. The summed E-state index contributed by atoms with van der Waals surface area (Å²) in [5, 5.41) is 5.53. The summed E-state index contributed by atoms with van der Waals surface area (Å²) >= 11 is 13.0. The fourth-order valence-corrected chi connectivity index (χ4v) is 6.11. The first kappa shape index (κ1) is 27.2. The van der Waals surface area contributed by atoms with Gasteiger partial charge in [-0.3, -0.25) is 0 Å². The molecule has 0 N–H and O–H groups in total. The molecular weight excluding hydrogens is 545 g/mol. The fourth-order valence-electron chi connectivity index (χ4n) is 5.54. The molecule has 2 aliphatic rings. The average molecular weight is 579 g/mol. The standard InChI is InChI=1S/C33H33Cl2NO4/c1-37-25-13-5-21(6-14-25)19-38-26-15-9-22(10-16-26)23-11-17-27(18-12-23)39-20-28-32(36-40-33(28)24-7-8-24)31-29(34)3-2-4-30(31)35/h2-6,9-10,13-16,23-24,27H,7-8,11-12,17-20H2,1H3. The lowest BCUT2D eigenvalue weighted by Gasteiger charge is -2.29. The van der Waals surface area contributed by atoms with Crippen LogP contribution in [0, 0.1) is 0 Å². The third-order valence-corrected chi connectivity index (χ3v) is 8.65. The van der Waals surface area contributed by atoms with Crippen LogP contribution in [0.25, 0.3) is 11.3 Å². The molecule has 1 heterocycles. The summed E-state index contributed by atoms with van der Waals surface area (Å²) in [6, 6.07) is 22.0. The van der Waals surface area contributed by atoms with E-state index in [0.717, 1.165) is 72.5 Å². The number of benzene rings is 3. The molecule has 0 amide bonds. The van der Waals surface area contributed by atoms with Crippen molar-refractivity contribution < 1.29 is 18.7 Å². The molecule has 0 radical (unpaired) electrons. The van der Waals surface area contributed by atoms with Crippen LogP contribution in [0.1, 0.15) is 72.8 Å². The number of ether oxygens (including phenoxy) is 3. The summed E-state index contributed by atoms with van der Waals surface area (Å²) in [6.45, 7) is 0.993. The quantitative estimate of drug-likeness (QED) is 0.188. The summed E-state index contributed by atoms with van der Waals surface area (Å²) < 4.78 is 23.5. The monoisotopic (exact) mass is 577 g/mol. The highest BCUT2D eigenvalue weighted by Crippen LogP contribution is 2.46. The highest BCUT2D eigenvalue weighted by Gasteiger charge is 2.34. The molecule has 40 heavy (non-hydrogen) atoms. The number of hydrogen-bond acceptors (Lipinski definition) is 5. The molecule has 7 heteroatoms. The molecule has 3 aromatic carbocycles. The van der Waals surface area contributed by atoms with Gasteiger partial charge in [0.2, 0.25) is 0 Å². The third kappa shape index (κ3) is 6.17. The van der Waals surface area contributed by atoms with Crippen molar-refractivity contribution in [3.05, 3.63) is 99.2 Å². The Bertz CT molecular complexity index is 1400. The Labute approximate surface area is 245 Å². The van der Waals surface area contributed by atoms with E-state index in [2.05, 4.69) is 29.4 Å². The highest BCUT2D eigenvalue weighted by molar-refractivity contribution is 6.39. The number of halogens is 2. The van der Waals surface area contributed by atoms with Crippen molar-refractivity contribution in [2.24, 2.45) is 0 Å². The summed E-state index contributed by atoms with van der Waals surface area (Å²) in [4.78, 5) is 0. The van der Waals surface area contributed by atoms with Crippen molar-refractivity contribution in [1.29, 1.82) is 0 Å². The van der Waals surface area contributed by atoms with E-state index < -0.39 is 0 Å². The van der Waals surface area contributed by atoms with E-state index in [0.29, 0.717) is 40.8 Å². The molecule has 0 aliphatic heterocycles. The van der Waals surface area contributed by atoms with Gasteiger partial charge >= 0.3 is 0 Å². The van der Waals surface area contributed by atoms with Crippen molar-refractivity contribution in [1.82, 2.24) is 5.16 Å². The third-order valence-electron chi connectivity index (χ3n) is 8.02. The van der Waals surface area contributed by atoms with E-state index in [9.17, 15) is 0 Å². The predicted octanol–water partition coefficient (Wildman–Crippen LogP) is 9.36. The molecule has 0 spiro atoms. The van der Waals surface area contributed by atoms with Crippen molar-refractivity contribution in [2.75, 3.05) is 7.11 Å². The van der Waals surface area contributed by atoms with Gasteiger partial charge in [0, 0.05) is 17.0 Å². The first-order valence-corrected chi connectivity index (χ1v) is 14.7. The Morgan fingerprint density at radius 2 is 1.43 bits per heavy atom. The minimum Gasteiger partial charge on any atom is -0.497 e. The van der Waals surface area contributed by atoms with E-state index in [-0.39, 0.29) is 6.10 Å². The van der Waals surface area contributed by atoms with Gasteiger partial charge in [0.05, 0.1) is 29.9 Å². The van der Waals surface area contributed by atoms with Crippen LogP contribution in [0.2, 0.25) is 10.0 Å². The van der Waals surface area contributed by atoms with Crippen LogP contribution in [-0.2, 0) is 18.0 Å². The molecule has 6 rings (SSSR count). The van der Waals surface area contributed by atoms with Crippen LogP contribution in [0.3, 0.4) is 0 Å². The summed E-state index contributed by atoms with van der Waals surface area (Å²) in [6.07, 6.45) is 6.68. The van der Waals surface area contributed by atoms with Crippen LogP contribution in [-0.4, -0.2) is 18.4 Å². The zero-order chi connectivity index (χ0) is 27.5. The molecule has 208 valence electrons. The molecule has 2 fully saturated rings. The Balaban J connectivity index is 1.03. The Hall–Kier alpha value is -2.99. The Morgan fingerprint density at radius 3 is 2.08 bits per heavy atom. The van der Waals surface area contributed by atoms with Gasteiger partial charge < -0.3 is 18.7 Å². The molecule has 0 atom stereocenters. The minimum absolute atomic E-state index is 0.208. The summed E-state index contributed by atoms with van der Waals surface area (Å²) in [5.74, 6) is 3.60. The molecule has 2 aliphatic carbocycles. The SMILES string of the molecule is COc1ccc(COc2ccc(C3CCC(OCc4c(-c5c(Cl)cccc5Cl)noc4C4CC4)CC3)cc2)cc1. The molecule has 1 aromatic heterocycles. The normalized spacial score (nSPS) is 19.0. The molecule has 2 saturated carbocycles. The number of aromatic nitrogens is 1. The van der Waals surface area contributed by atoms with E-state index in [4.69, 9.17) is 41.9 Å². The van der Waals surface area contributed by atoms with Gasteiger partial charge in [-0.2, -0.15) is 0 Å². The predicted molar refractivity (Wildman–Crippen MR) is 157 cm³/mol. The first-order valence-electron chi connectivity index (χ1n) is 14.0. The van der Waals surface area contributed by atoms with E-state index in [1.165, 1.54) is 5.56 Å². The van der Waals surface area contributed by atoms with Gasteiger partial charge in [-0.1, -0.05) is 58.7 Å². The molecule has 0 saturated heterocycles. The van der Waals surface area contributed by atoms with Gasteiger partial charge in [0.25, 0.3) is 0 Å². The van der Waals surface area contributed by atoms with Gasteiger partial charge in [-0.25, -0.2) is 0 Å². The zero-order valence-electron chi connectivity index (χ0n) is 22.6. The zero-order valence-corrected chi connectivity index (χ0v) is 24.1. The lowest BCUT2D eigenvalue weighted by Crippen LogP contribution is -2.21. The van der Waals surface area contributed by atoms with Crippen molar-refractivity contribution in [2.45, 2.75) is 69.7 Å². The van der Waals surface area contributed by atoms with Crippen LogP contribution >= 0.6 is 23.2 Å². The lowest BCUT2D eigenvalue weighted by atomic mass is 9.82. The van der Waals surface area contributed by atoms with Crippen LogP contribution < -0.4 is 9.47 Å². The van der Waals surface area contributed by atoms with Crippen LogP contribution in [0.4, 0.5) is 0 Å². The second-order valence-electron chi connectivity index (χ2n) is 10.7.